The van der Waals surface area contributed by atoms with Crippen molar-refractivity contribution >= 4 is 11.4 Å². The number of nitrogens with one attached hydrogen (secondary N) is 4. The zero-order valence-electron chi connectivity index (χ0n) is 53.4. The van der Waals surface area contributed by atoms with Crippen LogP contribution in [0.25, 0.3) is 0 Å². The second-order valence-electron chi connectivity index (χ2n) is 26.5. The zero-order valence-corrected chi connectivity index (χ0v) is 53.4. The summed E-state index contributed by atoms with van der Waals surface area (Å²) in [4.78, 5) is 0. The number of para-hydroxylation sites is 2. The van der Waals surface area contributed by atoms with Gasteiger partial charge in [-0.05, 0) is 147 Å². The molecule has 0 aromatic heterocycles. The Labute approximate surface area is 485 Å². The van der Waals surface area contributed by atoms with Gasteiger partial charge in [0.05, 0.1) is 0 Å². The van der Waals surface area contributed by atoms with Crippen molar-refractivity contribution in [3.63, 3.8) is 0 Å². The molecule has 10 aliphatic rings. The van der Waals surface area contributed by atoms with Crippen LogP contribution < -0.4 is 21.3 Å². The molecule has 3 aromatic rings. The second kappa shape index (κ2) is 38.0. The largest absolute Gasteiger partial charge is 0.384 e. The summed E-state index contributed by atoms with van der Waals surface area (Å²) >= 11 is 0. The Balaban J connectivity index is 0.000000199. The summed E-state index contributed by atoms with van der Waals surface area (Å²) in [5.41, 5.74) is 12.3. The molecule has 0 atom stereocenters. The maximum Gasteiger partial charge on any atom is 0.0379 e. The van der Waals surface area contributed by atoms with Crippen LogP contribution in [0.15, 0.2) is 72.8 Å². The van der Waals surface area contributed by atoms with Crippen molar-refractivity contribution < 1.29 is 0 Å². The van der Waals surface area contributed by atoms with Crippen LogP contribution in [0.2, 0.25) is 0 Å². The summed E-state index contributed by atoms with van der Waals surface area (Å²) in [5, 5.41) is 14.3. The Bertz CT molecular complexity index is 1900. The van der Waals surface area contributed by atoms with E-state index in [1.807, 2.05) is 0 Å². The van der Waals surface area contributed by atoms with Gasteiger partial charge in [-0.15, -0.1) is 0 Å². The highest BCUT2D eigenvalue weighted by Gasteiger charge is 2.41. The molecule has 6 aliphatic carbocycles. The average molecular weight is 1070 g/mol. The minimum atomic E-state index is 0.479. The van der Waals surface area contributed by atoms with Gasteiger partial charge < -0.3 is 21.3 Å². The van der Waals surface area contributed by atoms with E-state index in [9.17, 15) is 0 Å². The molecule has 4 N–H and O–H groups in total. The van der Waals surface area contributed by atoms with Crippen molar-refractivity contribution in [3.05, 3.63) is 95.1 Å². The summed E-state index contributed by atoms with van der Waals surface area (Å²) in [5.74, 6) is 0. The monoisotopic (exact) mass is 1070 g/mol. The van der Waals surface area contributed by atoms with Gasteiger partial charge >= 0.3 is 0 Å². The summed E-state index contributed by atoms with van der Waals surface area (Å²) in [6.07, 6.45) is 50.0. The molecule has 4 heterocycles. The molecule has 0 bridgehead atoms. The minimum Gasteiger partial charge on any atom is -0.384 e. The third-order valence-electron chi connectivity index (χ3n) is 18.8. The van der Waals surface area contributed by atoms with Gasteiger partial charge in [0.2, 0.25) is 0 Å². The van der Waals surface area contributed by atoms with Crippen molar-refractivity contribution in [2.75, 3.05) is 43.4 Å². The van der Waals surface area contributed by atoms with Crippen LogP contribution in [-0.2, 0) is 23.8 Å². The van der Waals surface area contributed by atoms with Gasteiger partial charge in [-0.1, -0.05) is 265 Å². The maximum absolute atomic E-state index is 3.62. The predicted molar refractivity (Wildman–Crippen MR) is 349 cm³/mol. The molecule has 444 valence electrons. The Morgan fingerprint density at radius 2 is 0.692 bits per heavy atom. The van der Waals surface area contributed by atoms with Crippen molar-refractivity contribution in [2.45, 2.75) is 311 Å². The van der Waals surface area contributed by atoms with E-state index < -0.39 is 0 Å². The lowest BCUT2D eigenvalue weighted by Gasteiger charge is -2.45. The Morgan fingerprint density at radius 3 is 1.15 bits per heavy atom. The minimum absolute atomic E-state index is 0.479. The number of fused-ring (bicyclic) bond motifs is 5. The van der Waals surface area contributed by atoms with E-state index in [-0.39, 0.29) is 0 Å². The summed E-state index contributed by atoms with van der Waals surface area (Å²) in [6, 6.07) is 26.7. The van der Waals surface area contributed by atoms with E-state index in [0.29, 0.717) is 16.2 Å². The maximum atomic E-state index is 3.62. The van der Waals surface area contributed by atoms with Gasteiger partial charge in [0, 0.05) is 54.9 Å². The molecule has 5 spiro atoms. The smallest absolute Gasteiger partial charge is 0.0379 e. The van der Waals surface area contributed by atoms with Gasteiger partial charge in [-0.25, -0.2) is 0 Å². The molecule has 3 aromatic carbocycles. The van der Waals surface area contributed by atoms with E-state index in [1.165, 1.54) is 254 Å². The average Bonchev–Trinajstić information content (AvgIpc) is 4.18. The molecule has 0 radical (unpaired) electrons. The fourth-order valence-electron chi connectivity index (χ4n) is 14.8. The molecule has 0 unspecified atom stereocenters. The molecule has 1 saturated heterocycles. The van der Waals surface area contributed by atoms with E-state index in [4.69, 9.17) is 0 Å². The fraction of sp³-hybridized carbons (Fsp3) is 0.757. The van der Waals surface area contributed by atoms with Gasteiger partial charge in [-0.2, -0.15) is 0 Å². The molecule has 0 amide bonds. The highest BCUT2D eigenvalue weighted by molar-refractivity contribution is 5.60. The molecule has 4 heteroatoms. The van der Waals surface area contributed by atoms with Crippen LogP contribution in [-0.4, -0.2) is 32.7 Å². The Kier molecular flexibility index (Phi) is 33.0. The quantitative estimate of drug-likeness (QED) is 0.181. The summed E-state index contributed by atoms with van der Waals surface area (Å²) in [7, 11) is 0. The third kappa shape index (κ3) is 21.5. The van der Waals surface area contributed by atoms with E-state index in [0.717, 1.165) is 17.4 Å². The van der Waals surface area contributed by atoms with E-state index in [1.54, 1.807) is 36.8 Å². The highest BCUT2D eigenvalue weighted by Crippen LogP contribution is 2.52. The van der Waals surface area contributed by atoms with Gasteiger partial charge in [0.15, 0.2) is 0 Å². The van der Waals surface area contributed by atoms with Crippen molar-refractivity contribution in [2.24, 2.45) is 16.2 Å². The molecule has 4 aliphatic heterocycles. The topological polar surface area (TPSA) is 48.1 Å². The molecule has 4 nitrogen and oxygen atoms in total. The lowest BCUT2D eigenvalue weighted by molar-refractivity contribution is 0.0775. The second-order valence-corrected chi connectivity index (χ2v) is 26.5. The zero-order chi connectivity index (χ0) is 56.3. The van der Waals surface area contributed by atoms with E-state index in [2.05, 4.69) is 163 Å². The molecule has 6 saturated carbocycles. The fourth-order valence-corrected chi connectivity index (χ4v) is 14.8. The van der Waals surface area contributed by atoms with Crippen molar-refractivity contribution in [3.8, 4) is 0 Å². The first-order valence-electron chi connectivity index (χ1n) is 34.2. The molecule has 78 heavy (non-hydrogen) atoms. The molecule has 13 rings (SSSR count). The van der Waals surface area contributed by atoms with E-state index >= 15 is 0 Å². The number of hydrogen-bond donors (Lipinski definition) is 4. The standard InChI is InChI=1S/2C14H19N.C13H17N.C9H17N.C9H16.5C3H8/c1-4-8-14(9-5-1)11-15-10-12-6-2-3-7-13(12)14;1-4-8-14(9-5-1)10-12-6-2-3-7-13(12)15-11-14;1-4-8-13(9-5-1)10-14-12-7-3-2-6-11(12)13;1-2-4-9(5-3-1)6-7-10-8-9;1-2-5-9(6-3-1)7-4-8-9;5*1-3-2/h2*2-3,6-7,15H,1,4-5,8-11H2;2-3,6-7,14H,1,4-5,8-10H2;10H,1-8H2;1-8H2;5*3H2,1-2H3. The first-order chi connectivity index (χ1) is 38.1. The Hall–Kier alpha value is -2.82. The summed E-state index contributed by atoms with van der Waals surface area (Å²) in [6.45, 7) is 28.5. The highest BCUT2D eigenvalue weighted by atomic mass is 14.9. The molecular formula is C74H128N4. The number of hydrogen-bond acceptors (Lipinski definition) is 4. The molecular weight excluding hydrogens is 945 g/mol. The predicted octanol–water partition coefficient (Wildman–Crippen LogP) is 22.0. The third-order valence-corrected chi connectivity index (χ3v) is 18.8. The normalized spacial score (nSPS) is 22.0. The summed E-state index contributed by atoms with van der Waals surface area (Å²) < 4.78 is 0. The lowest BCUT2D eigenvalue weighted by Crippen LogP contribution is -2.44. The number of rotatable bonds is 0. The SMILES string of the molecule is C1CCC2(CC1)CCC2.C1CCC2(CC1)CCNC2.CCC.CCC.CCC.CCC.CCC.c1ccc2c(c1)CC1(CCCCC1)CN2.c1ccc2c(c1)CNCC21CCCCC1.c1ccc2c(c1)NCC21CCCCC1. The Morgan fingerprint density at radius 1 is 0.308 bits per heavy atom. The van der Waals surface area contributed by atoms with Crippen molar-refractivity contribution in [1.29, 1.82) is 0 Å². The molecule has 7 fully saturated rings. The number of benzene rings is 3. The van der Waals surface area contributed by atoms with Gasteiger partial charge in [0.25, 0.3) is 0 Å². The van der Waals surface area contributed by atoms with Gasteiger partial charge in [0.1, 0.15) is 0 Å². The van der Waals surface area contributed by atoms with Crippen LogP contribution >= 0.6 is 0 Å². The lowest BCUT2D eigenvalue weighted by atomic mass is 9.61. The van der Waals surface area contributed by atoms with Crippen LogP contribution in [0.4, 0.5) is 11.4 Å². The van der Waals surface area contributed by atoms with Crippen LogP contribution in [0, 0.1) is 16.2 Å². The van der Waals surface area contributed by atoms with Crippen LogP contribution in [0.3, 0.4) is 0 Å². The van der Waals surface area contributed by atoms with Crippen LogP contribution in [0.5, 0.6) is 0 Å². The van der Waals surface area contributed by atoms with Crippen molar-refractivity contribution in [1.82, 2.24) is 10.6 Å². The van der Waals surface area contributed by atoms with Crippen LogP contribution in [0.1, 0.15) is 310 Å². The van der Waals surface area contributed by atoms with Gasteiger partial charge in [-0.3, -0.25) is 0 Å². The first-order valence-corrected chi connectivity index (χ1v) is 34.2. The first kappa shape index (κ1) is 67.7. The number of anilines is 2.